The van der Waals surface area contributed by atoms with Crippen LogP contribution < -0.4 is 5.32 Å². The number of nitrogens with one attached hydrogen (secondary N) is 1. The Balaban J connectivity index is 2.04. The van der Waals surface area contributed by atoms with E-state index in [0.717, 1.165) is 0 Å². The van der Waals surface area contributed by atoms with Crippen LogP contribution in [0.4, 0.5) is 10.1 Å². The van der Waals surface area contributed by atoms with Gasteiger partial charge in [-0.2, -0.15) is 0 Å². The van der Waals surface area contributed by atoms with Crippen molar-refractivity contribution in [3.8, 4) is 0 Å². The Kier molecular flexibility index (Phi) is 5.33. The molecule has 0 bridgehead atoms. The summed E-state index contributed by atoms with van der Waals surface area (Å²) in [5, 5.41) is 6.28. The molecule has 128 valence electrons. The molecule has 2 rings (SSSR count). The largest absolute Gasteiger partial charge is 0.449 e. The van der Waals surface area contributed by atoms with Crippen molar-refractivity contribution in [1.29, 1.82) is 0 Å². The van der Waals surface area contributed by atoms with E-state index in [-0.39, 0.29) is 5.56 Å². The number of nitrogens with zero attached hydrogens (tertiary/aromatic N) is 1. The maximum atomic E-state index is 13.5. The zero-order valence-corrected chi connectivity index (χ0v) is 14.0. The lowest BCUT2D eigenvalue weighted by atomic mass is 10.1. The summed E-state index contributed by atoms with van der Waals surface area (Å²) in [6, 6.07) is 4.33. The predicted octanol–water partition coefficient (Wildman–Crippen LogP) is 3.18. The van der Waals surface area contributed by atoms with Crippen LogP contribution in [0.3, 0.4) is 0 Å². The van der Waals surface area contributed by atoms with E-state index in [9.17, 15) is 14.0 Å². The second-order valence-electron chi connectivity index (χ2n) is 5.41. The van der Waals surface area contributed by atoms with Crippen LogP contribution in [0.5, 0.6) is 0 Å². The van der Waals surface area contributed by atoms with Crippen molar-refractivity contribution in [1.82, 2.24) is 5.16 Å². The third-order valence-electron chi connectivity index (χ3n) is 3.56. The zero-order valence-electron chi connectivity index (χ0n) is 14.0. The number of hydrogen-bond acceptors (Lipinski definition) is 5. The van der Waals surface area contributed by atoms with Gasteiger partial charge in [0.15, 0.2) is 6.10 Å². The van der Waals surface area contributed by atoms with Gasteiger partial charge >= 0.3 is 5.97 Å². The van der Waals surface area contributed by atoms with E-state index in [2.05, 4.69) is 10.5 Å². The third-order valence-corrected chi connectivity index (χ3v) is 3.56. The maximum Gasteiger partial charge on any atom is 0.344 e. The Morgan fingerprint density at radius 1 is 1.38 bits per heavy atom. The lowest BCUT2D eigenvalue weighted by Gasteiger charge is -2.14. The molecule has 7 heteroatoms. The van der Waals surface area contributed by atoms with E-state index in [1.54, 1.807) is 26.0 Å². The van der Waals surface area contributed by atoms with Gasteiger partial charge in [0.2, 0.25) is 0 Å². The fourth-order valence-electron chi connectivity index (χ4n) is 2.11. The number of carbonyl (C=O) groups is 2. The second-order valence-corrected chi connectivity index (χ2v) is 5.41. The van der Waals surface area contributed by atoms with Crippen molar-refractivity contribution in [2.45, 2.75) is 40.2 Å². The molecule has 1 N–H and O–H groups in total. The molecule has 1 aromatic heterocycles. The molecule has 0 spiro atoms. The highest BCUT2D eigenvalue weighted by Gasteiger charge is 2.25. The molecule has 0 saturated heterocycles. The van der Waals surface area contributed by atoms with Gasteiger partial charge in [-0.25, -0.2) is 9.18 Å². The minimum absolute atomic E-state index is 0.235. The normalized spacial score (nSPS) is 11.9. The van der Waals surface area contributed by atoms with E-state index in [1.165, 1.54) is 13.0 Å². The Morgan fingerprint density at radius 2 is 2.08 bits per heavy atom. The van der Waals surface area contributed by atoms with Crippen LogP contribution in [-0.4, -0.2) is 23.1 Å². The molecule has 1 aromatic carbocycles. The Hall–Kier alpha value is -2.70. The van der Waals surface area contributed by atoms with Crippen LogP contribution >= 0.6 is 0 Å². The fraction of sp³-hybridized carbons (Fsp3) is 0.353. The summed E-state index contributed by atoms with van der Waals surface area (Å²) >= 11 is 0. The van der Waals surface area contributed by atoms with Gasteiger partial charge in [-0.05, 0) is 44.9 Å². The molecule has 0 aliphatic rings. The molecule has 1 amide bonds. The van der Waals surface area contributed by atoms with E-state index < -0.39 is 23.8 Å². The second kappa shape index (κ2) is 7.25. The summed E-state index contributed by atoms with van der Waals surface area (Å²) in [4.78, 5) is 24.3. The van der Waals surface area contributed by atoms with Crippen LogP contribution in [0.2, 0.25) is 0 Å². The van der Waals surface area contributed by atoms with Crippen LogP contribution in [0.25, 0.3) is 0 Å². The molecule has 0 unspecified atom stereocenters. The third kappa shape index (κ3) is 3.79. The van der Waals surface area contributed by atoms with Gasteiger partial charge in [0, 0.05) is 5.69 Å². The number of aryl methyl sites for hydroxylation is 3. The number of benzene rings is 1. The number of hydrogen-bond donors (Lipinski definition) is 1. The SMILES string of the molecule is CCc1noc(C)c1C(=O)O[C@@H](C)C(=O)Nc1ccc(C)c(F)c1. The predicted molar refractivity (Wildman–Crippen MR) is 85.3 cm³/mol. The lowest BCUT2D eigenvalue weighted by molar-refractivity contribution is -0.123. The van der Waals surface area contributed by atoms with Crippen LogP contribution in [0.15, 0.2) is 22.7 Å². The van der Waals surface area contributed by atoms with E-state index in [4.69, 9.17) is 9.26 Å². The summed E-state index contributed by atoms with van der Waals surface area (Å²) < 4.78 is 23.6. The maximum absolute atomic E-state index is 13.5. The van der Waals surface area contributed by atoms with Gasteiger partial charge in [-0.15, -0.1) is 0 Å². The highest BCUT2D eigenvalue weighted by Crippen LogP contribution is 2.17. The summed E-state index contributed by atoms with van der Waals surface area (Å²) in [5.74, 6) is -1.32. The first-order valence-electron chi connectivity index (χ1n) is 7.56. The Morgan fingerprint density at radius 3 is 2.71 bits per heavy atom. The van der Waals surface area contributed by atoms with E-state index in [1.807, 2.05) is 6.92 Å². The number of aromatic nitrogens is 1. The quantitative estimate of drug-likeness (QED) is 0.849. The summed E-state index contributed by atoms with van der Waals surface area (Å²) in [6.45, 7) is 6.49. The van der Waals surface area contributed by atoms with Crippen molar-refractivity contribution in [3.05, 3.63) is 46.6 Å². The van der Waals surface area contributed by atoms with E-state index in [0.29, 0.717) is 29.1 Å². The average molecular weight is 334 g/mol. The molecule has 1 atom stereocenters. The monoisotopic (exact) mass is 334 g/mol. The summed E-state index contributed by atoms with van der Waals surface area (Å²) in [5.41, 5.74) is 1.48. The standard InChI is InChI=1S/C17H19FN2O4/c1-5-14-15(10(3)24-20-14)17(22)23-11(4)16(21)19-12-7-6-9(2)13(18)8-12/h6-8,11H,5H2,1-4H3,(H,19,21)/t11-/m0/s1. The summed E-state index contributed by atoms with van der Waals surface area (Å²) in [6.07, 6.45) is -0.550. The zero-order chi connectivity index (χ0) is 17.9. The average Bonchev–Trinajstić information content (AvgIpc) is 2.91. The van der Waals surface area contributed by atoms with Crippen molar-refractivity contribution in [3.63, 3.8) is 0 Å². The molecule has 0 aliphatic heterocycles. The number of carbonyl (C=O) groups excluding carboxylic acids is 2. The van der Waals surface area contributed by atoms with Gasteiger partial charge in [-0.3, -0.25) is 4.79 Å². The van der Waals surface area contributed by atoms with Crippen LogP contribution in [0, 0.1) is 19.7 Å². The van der Waals surface area contributed by atoms with Crippen molar-refractivity contribution < 1.29 is 23.2 Å². The topological polar surface area (TPSA) is 81.4 Å². The van der Waals surface area contributed by atoms with Gasteiger partial charge in [0.05, 0.1) is 5.69 Å². The van der Waals surface area contributed by atoms with Gasteiger partial charge in [0.1, 0.15) is 17.1 Å². The molecule has 0 radical (unpaired) electrons. The summed E-state index contributed by atoms with van der Waals surface area (Å²) in [7, 11) is 0. The minimum Gasteiger partial charge on any atom is -0.449 e. The number of esters is 1. The lowest BCUT2D eigenvalue weighted by Crippen LogP contribution is -2.30. The number of amides is 1. The smallest absolute Gasteiger partial charge is 0.344 e. The highest BCUT2D eigenvalue weighted by atomic mass is 19.1. The first-order valence-corrected chi connectivity index (χ1v) is 7.56. The number of anilines is 1. The first-order chi connectivity index (χ1) is 11.3. The van der Waals surface area contributed by atoms with Crippen LogP contribution in [0.1, 0.15) is 41.2 Å². The first kappa shape index (κ1) is 17.7. The van der Waals surface area contributed by atoms with Crippen molar-refractivity contribution in [2.24, 2.45) is 0 Å². The molecule has 6 nitrogen and oxygen atoms in total. The fourth-order valence-corrected chi connectivity index (χ4v) is 2.11. The molecular formula is C17H19FN2O4. The Labute approximate surface area is 139 Å². The molecular weight excluding hydrogens is 315 g/mol. The number of ether oxygens (including phenoxy) is 1. The molecule has 24 heavy (non-hydrogen) atoms. The minimum atomic E-state index is -1.05. The number of rotatable bonds is 5. The van der Waals surface area contributed by atoms with Crippen LogP contribution in [-0.2, 0) is 16.0 Å². The molecule has 0 saturated carbocycles. The van der Waals surface area contributed by atoms with E-state index >= 15 is 0 Å². The van der Waals surface area contributed by atoms with Crippen molar-refractivity contribution in [2.75, 3.05) is 5.32 Å². The van der Waals surface area contributed by atoms with Gasteiger partial charge in [-0.1, -0.05) is 18.1 Å². The van der Waals surface area contributed by atoms with Gasteiger partial charge in [0.25, 0.3) is 5.91 Å². The van der Waals surface area contributed by atoms with Crippen molar-refractivity contribution >= 4 is 17.6 Å². The molecule has 0 fully saturated rings. The molecule has 1 heterocycles. The molecule has 2 aromatic rings. The number of halogens is 1. The Bertz CT molecular complexity index is 770. The van der Waals surface area contributed by atoms with Gasteiger partial charge < -0.3 is 14.6 Å². The molecule has 0 aliphatic carbocycles. The highest BCUT2D eigenvalue weighted by molar-refractivity contribution is 5.98.